The molecule has 6 heteroatoms. The third-order valence-electron chi connectivity index (χ3n) is 2.86. The highest BCUT2D eigenvalue weighted by Gasteiger charge is 2.53. The van der Waals surface area contributed by atoms with E-state index in [-0.39, 0.29) is 18.7 Å². The first-order valence-electron chi connectivity index (χ1n) is 5.11. The number of ether oxygens (including phenoxy) is 2. The van der Waals surface area contributed by atoms with E-state index in [9.17, 15) is 10.2 Å². The maximum absolute atomic E-state index is 10.1. The topological polar surface area (TPSA) is 62.2 Å². The molecule has 0 aromatic carbocycles. The van der Waals surface area contributed by atoms with Crippen LogP contribution in [0.25, 0.3) is 0 Å². The predicted octanol–water partition coefficient (Wildman–Crippen LogP) is -2.36. The summed E-state index contributed by atoms with van der Waals surface area (Å²) >= 11 is 0. The second-order valence-electron chi connectivity index (χ2n) is 4.43. The first kappa shape index (κ1) is 12.9. The van der Waals surface area contributed by atoms with Crippen molar-refractivity contribution < 1.29 is 19.7 Å². The highest BCUT2D eigenvalue weighted by molar-refractivity contribution is 6.11. The van der Waals surface area contributed by atoms with Crippen molar-refractivity contribution in [3.63, 3.8) is 0 Å². The average Bonchev–Trinajstić information content (AvgIpc) is 2.38. The highest BCUT2D eigenvalue weighted by atomic mass is 16.6. The van der Waals surface area contributed by atoms with Crippen LogP contribution in [0.5, 0.6) is 0 Å². The first-order valence-corrected chi connectivity index (χ1v) is 5.11. The molecule has 1 heterocycles. The van der Waals surface area contributed by atoms with Gasteiger partial charge < -0.3 is 24.6 Å². The van der Waals surface area contributed by atoms with Crippen molar-refractivity contribution >= 4 is 7.85 Å². The van der Waals surface area contributed by atoms with Gasteiger partial charge in [-0.1, -0.05) is 0 Å². The number of rotatable bonds is 4. The molecular weight excluding hydrogens is 197 g/mol. The van der Waals surface area contributed by atoms with Gasteiger partial charge in [0.1, 0.15) is 25.7 Å². The summed E-state index contributed by atoms with van der Waals surface area (Å²) in [7, 11) is 7.12. The molecule has 1 fully saturated rings. The van der Waals surface area contributed by atoms with Gasteiger partial charge in [-0.3, -0.25) is 0 Å². The van der Waals surface area contributed by atoms with Crippen molar-refractivity contribution in [1.29, 1.82) is 0 Å². The molecule has 1 rings (SSSR count). The zero-order valence-electron chi connectivity index (χ0n) is 9.80. The average molecular weight is 217 g/mol. The monoisotopic (exact) mass is 217 g/mol. The number of hydrogen-bond acceptors (Lipinski definition) is 5. The zero-order chi connectivity index (χ0) is 11.6. The number of nitrogens with zero attached hydrogens (tertiary/aromatic N) is 1. The molecule has 0 bridgehead atoms. The molecule has 0 radical (unpaired) electrons. The van der Waals surface area contributed by atoms with E-state index in [4.69, 9.17) is 9.47 Å². The molecule has 5 nitrogen and oxygen atoms in total. The third kappa shape index (κ3) is 2.34. The Labute approximate surface area is 91.4 Å². The van der Waals surface area contributed by atoms with Crippen LogP contribution in [-0.4, -0.2) is 81.1 Å². The predicted molar refractivity (Wildman–Crippen MR) is 58.6 cm³/mol. The summed E-state index contributed by atoms with van der Waals surface area (Å²) < 4.78 is 10.8. The van der Waals surface area contributed by atoms with Crippen LogP contribution in [0.4, 0.5) is 0 Å². The maximum Gasteiger partial charge on any atom is 0.142 e. The van der Waals surface area contributed by atoms with Gasteiger partial charge in [0, 0.05) is 13.7 Å². The fourth-order valence-electron chi connectivity index (χ4n) is 2.23. The van der Waals surface area contributed by atoms with E-state index >= 15 is 0 Å². The van der Waals surface area contributed by atoms with Crippen molar-refractivity contribution in [2.75, 3.05) is 34.4 Å². The van der Waals surface area contributed by atoms with Crippen LogP contribution in [0.15, 0.2) is 0 Å². The molecule has 1 aliphatic heterocycles. The summed E-state index contributed by atoms with van der Waals surface area (Å²) in [5, 5.41) is 19.5. The van der Waals surface area contributed by atoms with E-state index < -0.39 is 11.7 Å². The summed E-state index contributed by atoms with van der Waals surface area (Å²) in [6, 6.07) is -0.211. The fourth-order valence-corrected chi connectivity index (χ4v) is 2.23. The van der Waals surface area contributed by atoms with Crippen molar-refractivity contribution in [3.05, 3.63) is 0 Å². The largest absolute Gasteiger partial charge is 0.393 e. The SMILES string of the molecule is B[C@@H]1O[C@@](CO)(CN(C)C)[C@@H](O)[C@H]1OC. The van der Waals surface area contributed by atoms with E-state index in [1.54, 1.807) is 0 Å². The summed E-state index contributed by atoms with van der Waals surface area (Å²) in [4.78, 5) is 1.88. The third-order valence-corrected chi connectivity index (χ3v) is 2.86. The van der Waals surface area contributed by atoms with Crippen molar-refractivity contribution in [2.24, 2.45) is 0 Å². The van der Waals surface area contributed by atoms with Crippen LogP contribution >= 0.6 is 0 Å². The number of methoxy groups -OCH3 is 1. The minimum absolute atomic E-state index is 0.211. The Hall–Kier alpha value is -0.135. The minimum atomic E-state index is -0.927. The van der Waals surface area contributed by atoms with Gasteiger partial charge in [0.15, 0.2) is 0 Å². The number of hydrogen-bond donors (Lipinski definition) is 2. The summed E-state index contributed by atoms with van der Waals surface area (Å²) in [6.07, 6.45) is -1.18. The van der Waals surface area contributed by atoms with Gasteiger partial charge in [-0.2, -0.15) is 0 Å². The van der Waals surface area contributed by atoms with E-state index in [0.29, 0.717) is 6.54 Å². The Kier molecular flexibility index (Phi) is 4.14. The molecule has 0 spiro atoms. The number of likely N-dealkylation sites (N-methyl/N-ethyl adjacent to an activating group) is 1. The Morgan fingerprint density at radius 3 is 2.47 bits per heavy atom. The van der Waals surface area contributed by atoms with Crippen molar-refractivity contribution in [1.82, 2.24) is 4.90 Å². The van der Waals surface area contributed by atoms with Gasteiger partial charge in [0.05, 0.1) is 12.6 Å². The van der Waals surface area contributed by atoms with Crippen LogP contribution < -0.4 is 0 Å². The Balaban J connectivity index is 2.82. The van der Waals surface area contributed by atoms with E-state index in [1.165, 1.54) is 7.11 Å². The smallest absolute Gasteiger partial charge is 0.142 e. The number of aliphatic hydroxyl groups excluding tert-OH is 2. The van der Waals surface area contributed by atoms with Crippen molar-refractivity contribution in [3.8, 4) is 0 Å². The lowest BCUT2D eigenvalue weighted by Gasteiger charge is -2.33. The van der Waals surface area contributed by atoms with Gasteiger partial charge in [-0.25, -0.2) is 0 Å². The van der Waals surface area contributed by atoms with Gasteiger partial charge in [-0.15, -0.1) is 0 Å². The lowest BCUT2D eigenvalue weighted by molar-refractivity contribution is -0.111. The summed E-state index contributed by atoms with van der Waals surface area (Å²) in [5.41, 5.74) is -0.927. The molecule has 0 saturated carbocycles. The van der Waals surface area contributed by atoms with Crippen LogP contribution in [0.3, 0.4) is 0 Å². The standard InChI is InChI=1S/C9H20BNO4/c1-11(2)4-9(5-12)7(13)6(14-3)8(10)15-9/h6-8,12-13H,4-5,10H2,1-3H3/t6-,7+,8-,9-/m1/s1. The van der Waals surface area contributed by atoms with Gasteiger partial charge >= 0.3 is 0 Å². The summed E-state index contributed by atoms with van der Waals surface area (Å²) in [6.45, 7) is 0.255. The maximum atomic E-state index is 10.1. The minimum Gasteiger partial charge on any atom is -0.393 e. The molecular formula is C9H20BNO4. The Bertz CT molecular complexity index is 216. The molecule has 2 N–H and O–H groups in total. The van der Waals surface area contributed by atoms with E-state index in [1.807, 2.05) is 26.8 Å². The van der Waals surface area contributed by atoms with Gasteiger partial charge in [-0.05, 0) is 14.1 Å². The lowest BCUT2D eigenvalue weighted by Crippen LogP contribution is -2.53. The van der Waals surface area contributed by atoms with Crippen LogP contribution in [0, 0.1) is 0 Å². The van der Waals surface area contributed by atoms with Gasteiger partial charge in [0.2, 0.25) is 0 Å². The first-order chi connectivity index (χ1) is 6.96. The highest BCUT2D eigenvalue weighted by Crippen LogP contribution is 2.31. The Morgan fingerprint density at radius 1 is 1.53 bits per heavy atom. The second-order valence-corrected chi connectivity index (χ2v) is 4.43. The zero-order valence-corrected chi connectivity index (χ0v) is 9.80. The molecule has 0 aromatic rings. The lowest BCUT2D eigenvalue weighted by atomic mass is 9.89. The second kappa shape index (κ2) is 4.80. The Morgan fingerprint density at radius 2 is 2.13 bits per heavy atom. The molecule has 15 heavy (non-hydrogen) atoms. The molecule has 88 valence electrons. The molecule has 0 unspecified atom stereocenters. The van der Waals surface area contributed by atoms with E-state index in [0.717, 1.165) is 0 Å². The molecule has 1 aliphatic rings. The van der Waals surface area contributed by atoms with Gasteiger partial charge in [0.25, 0.3) is 0 Å². The molecule has 0 amide bonds. The van der Waals surface area contributed by atoms with Crippen LogP contribution in [0.1, 0.15) is 0 Å². The fraction of sp³-hybridized carbons (Fsp3) is 1.00. The van der Waals surface area contributed by atoms with E-state index in [2.05, 4.69) is 0 Å². The molecule has 0 aliphatic carbocycles. The quantitative estimate of drug-likeness (QED) is 0.516. The van der Waals surface area contributed by atoms with Crippen LogP contribution in [0.2, 0.25) is 0 Å². The normalized spacial score (nSPS) is 41.3. The molecule has 4 atom stereocenters. The molecule has 1 saturated heterocycles. The number of aliphatic hydroxyl groups is 2. The van der Waals surface area contributed by atoms with Crippen LogP contribution in [-0.2, 0) is 9.47 Å². The molecule has 0 aromatic heterocycles. The summed E-state index contributed by atoms with van der Waals surface area (Å²) in [5.74, 6) is 0. The van der Waals surface area contributed by atoms with Crippen molar-refractivity contribution in [2.45, 2.75) is 23.8 Å².